The molecule has 0 unspecified atom stereocenters. The zero-order chi connectivity index (χ0) is 13.9. The molecule has 0 amide bonds. The van der Waals surface area contributed by atoms with Gasteiger partial charge in [0.15, 0.2) is 5.16 Å². The van der Waals surface area contributed by atoms with Gasteiger partial charge < -0.3 is 5.73 Å². The van der Waals surface area contributed by atoms with Crippen molar-refractivity contribution >= 4 is 33.7 Å². The summed E-state index contributed by atoms with van der Waals surface area (Å²) in [5.41, 5.74) is 5.48. The molecule has 1 aromatic carbocycles. The number of thioether (sulfide) groups is 1. The number of nitrogen functional groups attached to an aromatic ring is 1. The summed E-state index contributed by atoms with van der Waals surface area (Å²) in [7, 11) is -3.72. The predicted octanol–water partition coefficient (Wildman–Crippen LogP) is 0.977. The molecule has 19 heavy (non-hydrogen) atoms. The van der Waals surface area contributed by atoms with Crippen molar-refractivity contribution in [2.24, 2.45) is 0 Å². The molecule has 0 aliphatic carbocycles. The smallest absolute Gasteiger partial charge is 0.264 e. The van der Waals surface area contributed by atoms with Gasteiger partial charge in [0.1, 0.15) is 0 Å². The van der Waals surface area contributed by atoms with E-state index >= 15 is 0 Å². The minimum Gasteiger partial charge on any atom is -0.368 e. The van der Waals surface area contributed by atoms with E-state index in [1.165, 1.54) is 23.9 Å². The highest BCUT2D eigenvalue weighted by atomic mass is 32.2. The molecule has 0 spiro atoms. The molecule has 0 atom stereocenters. The molecule has 0 aliphatic rings. The molecule has 0 aliphatic heterocycles. The first-order chi connectivity index (χ1) is 9.01. The highest BCUT2D eigenvalue weighted by Crippen LogP contribution is 2.15. The van der Waals surface area contributed by atoms with Crippen LogP contribution in [-0.4, -0.2) is 29.6 Å². The number of benzene rings is 1. The second kappa shape index (κ2) is 5.41. The van der Waals surface area contributed by atoms with Crippen LogP contribution in [0.5, 0.6) is 0 Å². The minimum absolute atomic E-state index is 0.0369. The number of anilines is 2. The van der Waals surface area contributed by atoms with Crippen LogP contribution in [0, 0.1) is 0 Å². The van der Waals surface area contributed by atoms with E-state index in [1.54, 1.807) is 24.5 Å². The highest BCUT2D eigenvalue weighted by molar-refractivity contribution is 7.98. The third-order valence-corrected chi connectivity index (χ3v) is 3.99. The number of nitrogens with one attached hydrogen (secondary N) is 1. The fourth-order valence-electron chi connectivity index (χ4n) is 1.29. The van der Waals surface area contributed by atoms with Crippen LogP contribution in [-0.2, 0) is 10.0 Å². The second-order valence-electron chi connectivity index (χ2n) is 3.42. The molecule has 2 rings (SSSR count). The van der Waals surface area contributed by atoms with Crippen molar-refractivity contribution in [2.75, 3.05) is 16.7 Å². The largest absolute Gasteiger partial charge is 0.368 e. The number of hydrogen-bond donors (Lipinski definition) is 2. The lowest BCUT2D eigenvalue weighted by Gasteiger charge is -2.07. The van der Waals surface area contributed by atoms with Crippen LogP contribution in [0.1, 0.15) is 0 Å². The van der Waals surface area contributed by atoms with Crippen molar-refractivity contribution in [1.29, 1.82) is 0 Å². The van der Waals surface area contributed by atoms with E-state index in [-0.39, 0.29) is 16.8 Å². The Bertz CT molecular complexity index is 676. The lowest BCUT2D eigenvalue weighted by atomic mass is 10.4. The molecular formula is C10H11N5O2S2. The fourth-order valence-corrected chi connectivity index (χ4v) is 2.62. The Labute approximate surface area is 114 Å². The quantitative estimate of drug-likeness (QED) is 0.809. The summed E-state index contributed by atoms with van der Waals surface area (Å²) in [5, 5.41) is 0.346. The van der Waals surface area contributed by atoms with Gasteiger partial charge in [-0.15, -0.1) is 0 Å². The maximum absolute atomic E-state index is 12.1. The third-order valence-electron chi connectivity index (χ3n) is 2.09. The van der Waals surface area contributed by atoms with Gasteiger partial charge in [-0.2, -0.15) is 15.0 Å². The van der Waals surface area contributed by atoms with Crippen LogP contribution < -0.4 is 10.5 Å². The molecule has 1 aromatic heterocycles. The molecule has 3 N–H and O–H groups in total. The Hall–Kier alpha value is -1.87. The molecule has 9 heteroatoms. The van der Waals surface area contributed by atoms with Crippen molar-refractivity contribution in [3.05, 3.63) is 30.3 Å². The van der Waals surface area contributed by atoms with Gasteiger partial charge >= 0.3 is 0 Å². The van der Waals surface area contributed by atoms with Crippen molar-refractivity contribution in [3.8, 4) is 0 Å². The van der Waals surface area contributed by atoms with Crippen LogP contribution in [0.25, 0.3) is 0 Å². The molecule has 2 aromatic rings. The van der Waals surface area contributed by atoms with E-state index in [0.717, 1.165) is 0 Å². The number of nitrogens with zero attached hydrogens (tertiary/aromatic N) is 3. The second-order valence-corrected chi connectivity index (χ2v) is 5.88. The number of hydrogen-bond acceptors (Lipinski definition) is 7. The Morgan fingerprint density at radius 2 is 1.84 bits per heavy atom. The van der Waals surface area contributed by atoms with Crippen LogP contribution in [0.3, 0.4) is 0 Å². The third kappa shape index (κ3) is 3.32. The summed E-state index contributed by atoms with van der Waals surface area (Å²) in [5.74, 6) is -0.134. The van der Waals surface area contributed by atoms with Crippen molar-refractivity contribution in [3.63, 3.8) is 0 Å². The molecule has 0 bridgehead atoms. The lowest BCUT2D eigenvalue weighted by Crippen LogP contribution is -2.16. The Kier molecular flexibility index (Phi) is 3.86. The van der Waals surface area contributed by atoms with Gasteiger partial charge in [-0.3, -0.25) is 0 Å². The maximum atomic E-state index is 12.1. The first kappa shape index (κ1) is 13.6. The van der Waals surface area contributed by atoms with Gasteiger partial charge in [0.05, 0.1) is 4.90 Å². The zero-order valence-corrected chi connectivity index (χ0v) is 11.6. The maximum Gasteiger partial charge on any atom is 0.264 e. The summed E-state index contributed by atoms with van der Waals surface area (Å²) >= 11 is 1.24. The summed E-state index contributed by atoms with van der Waals surface area (Å²) in [6.07, 6.45) is 1.75. The van der Waals surface area contributed by atoms with E-state index < -0.39 is 10.0 Å². The number of nitrogens with two attached hydrogens (primary N) is 1. The van der Waals surface area contributed by atoms with Gasteiger partial charge in [-0.05, 0) is 18.4 Å². The molecule has 1 heterocycles. The van der Waals surface area contributed by atoms with Crippen molar-refractivity contribution in [2.45, 2.75) is 10.1 Å². The first-order valence-electron chi connectivity index (χ1n) is 5.14. The fraction of sp³-hybridized carbons (Fsp3) is 0.100. The molecule has 0 radical (unpaired) electrons. The average Bonchev–Trinajstić information content (AvgIpc) is 2.38. The van der Waals surface area contributed by atoms with E-state index in [9.17, 15) is 8.42 Å². The molecule has 100 valence electrons. The molecule has 0 fully saturated rings. The van der Waals surface area contributed by atoms with Gasteiger partial charge in [0, 0.05) is 0 Å². The van der Waals surface area contributed by atoms with Gasteiger partial charge in [-0.1, -0.05) is 30.0 Å². The highest BCUT2D eigenvalue weighted by Gasteiger charge is 2.16. The van der Waals surface area contributed by atoms with Crippen molar-refractivity contribution < 1.29 is 8.42 Å². The van der Waals surface area contributed by atoms with Crippen LogP contribution in [0.15, 0.2) is 40.4 Å². The number of sulfonamides is 1. The monoisotopic (exact) mass is 297 g/mol. The predicted molar refractivity (Wildman–Crippen MR) is 73.3 cm³/mol. The van der Waals surface area contributed by atoms with Gasteiger partial charge in [0.25, 0.3) is 10.0 Å². The number of rotatable bonds is 4. The van der Waals surface area contributed by atoms with Crippen LogP contribution in [0.4, 0.5) is 11.9 Å². The Morgan fingerprint density at radius 3 is 2.47 bits per heavy atom. The van der Waals surface area contributed by atoms with Crippen LogP contribution >= 0.6 is 11.8 Å². The van der Waals surface area contributed by atoms with Gasteiger partial charge in [0.2, 0.25) is 11.9 Å². The Morgan fingerprint density at radius 1 is 1.16 bits per heavy atom. The molecule has 0 saturated carbocycles. The minimum atomic E-state index is -3.72. The standard InChI is InChI=1S/C10H11N5O2S2/c1-18-10-13-8(11)12-9(14-10)15-19(16,17)7-5-3-2-4-6-7/h2-6H,1H3,(H3,11,12,13,14,15). The average molecular weight is 297 g/mol. The van der Waals surface area contributed by atoms with E-state index in [1.807, 2.05) is 0 Å². The SMILES string of the molecule is CSc1nc(N)nc(NS(=O)(=O)c2ccccc2)n1. The summed E-state index contributed by atoms with van der Waals surface area (Å²) in [4.78, 5) is 11.6. The summed E-state index contributed by atoms with van der Waals surface area (Å²) in [6.45, 7) is 0. The van der Waals surface area contributed by atoms with E-state index in [0.29, 0.717) is 5.16 Å². The lowest BCUT2D eigenvalue weighted by molar-refractivity contribution is 0.600. The molecule has 7 nitrogen and oxygen atoms in total. The van der Waals surface area contributed by atoms with Crippen LogP contribution in [0.2, 0.25) is 0 Å². The zero-order valence-electron chi connectivity index (χ0n) is 9.94. The summed E-state index contributed by atoms with van der Waals surface area (Å²) in [6, 6.07) is 7.93. The number of aromatic nitrogens is 3. The van der Waals surface area contributed by atoms with E-state index in [4.69, 9.17) is 5.73 Å². The Balaban J connectivity index is 2.33. The first-order valence-corrected chi connectivity index (χ1v) is 7.85. The van der Waals surface area contributed by atoms with E-state index in [2.05, 4.69) is 19.7 Å². The summed E-state index contributed by atoms with van der Waals surface area (Å²) < 4.78 is 26.4. The van der Waals surface area contributed by atoms with Gasteiger partial charge in [-0.25, -0.2) is 13.1 Å². The molecule has 0 saturated heterocycles. The molecular weight excluding hydrogens is 286 g/mol. The normalized spacial score (nSPS) is 11.2. The topological polar surface area (TPSA) is 111 Å². The van der Waals surface area contributed by atoms with Crippen molar-refractivity contribution in [1.82, 2.24) is 15.0 Å².